The number of carboxylic acid groups (broad SMARTS) is 1. The van der Waals surface area contributed by atoms with Gasteiger partial charge in [0, 0.05) is 12.6 Å². The van der Waals surface area contributed by atoms with Crippen LogP contribution < -0.4 is 15.4 Å². The molecular weight excluding hydrogens is 312 g/mol. The van der Waals surface area contributed by atoms with E-state index >= 15 is 0 Å². The molecule has 0 atom stereocenters. The number of aliphatic carboxylic acids is 1. The van der Waals surface area contributed by atoms with Crippen molar-refractivity contribution in [2.24, 2.45) is 0 Å². The smallest absolute Gasteiger partial charge is 0.422 e. The molecule has 0 heterocycles. The molecule has 1 aromatic rings. The van der Waals surface area contributed by atoms with E-state index in [0.717, 1.165) is 12.1 Å². The van der Waals surface area contributed by atoms with Crippen molar-refractivity contribution in [3.05, 3.63) is 24.0 Å². The monoisotopic (exact) mass is 324 g/mol. The third kappa shape index (κ3) is 6.77. The van der Waals surface area contributed by atoms with Crippen LogP contribution in [0, 0.1) is 5.82 Å². The van der Waals surface area contributed by atoms with Crippen LogP contribution in [0.3, 0.4) is 0 Å². The molecule has 6 nitrogen and oxygen atoms in total. The van der Waals surface area contributed by atoms with Crippen LogP contribution in [0.4, 0.5) is 28.0 Å². The van der Waals surface area contributed by atoms with Crippen LogP contribution in [-0.2, 0) is 4.79 Å². The first-order valence-electron chi connectivity index (χ1n) is 5.93. The highest BCUT2D eigenvalue weighted by Gasteiger charge is 2.29. The molecule has 122 valence electrons. The molecule has 2 amide bonds. The number of amides is 2. The molecule has 0 aromatic heterocycles. The highest BCUT2D eigenvalue weighted by Crippen LogP contribution is 2.27. The van der Waals surface area contributed by atoms with Gasteiger partial charge in [-0.1, -0.05) is 0 Å². The van der Waals surface area contributed by atoms with Gasteiger partial charge in [0.1, 0.15) is 11.6 Å². The molecule has 10 heteroatoms. The second-order valence-corrected chi connectivity index (χ2v) is 4.07. The Kier molecular flexibility index (Phi) is 5.96. The van der Waals surface area contributed by atoms with Gasteiger partial charge < -0.3 is 20.5 Å². The summed E-state index contributed by atoms with van der Waals surface area (Å²) in [6.45, 7) is -1.83. The van der Waals surface area contributed by atoms with Crippen molar-refractivity contribution in [2.75, 3.05) is 18.5 Å². The number of hydrogen-bond donors (Lipinski definition) is 3. The van der Waals surface area contributed by atoms with Crippen LogP contribution in [-0.4, -0.2) is 36.4 Å². The first kappa shape index (κ1) is 17.5. The fourth-order valence-corrected chi connectivity index (χ4v) is 1.33. The van der Waals surface area contributed by atoms with Crippen LogP contribution >= 0.6 is 0 Å². The van der Waals surface area contributed by atoms with E-state index < -0.39 is 36.4 Å². The van der Waals surface area contributed by atoms with E-state index in [1.165, 1.54) is 0 Å². The van der Waals surface area contributed by atoms with Crippen molar-refractivity contribution in [3.8, 4) is 5.75 Å². The van der Waals surface area contributed by atoms with E-state index in [4.69, 9.17) is 5.11 Å². The lowest BCUT2D eigenvalue weighted by Gasteiger charge is -2.14. The summed E-state index contributed by atoms with van der Waals surface area (Å²) in [6.07, 6.45) is -4.94. The first-order chi connectivity index (χ1) is 10.2. The number of hydrogen-bond acceptors (Lipinski definition) is 3. The molecule has 1 aromatic carbocycles. The number of carboxylic acids is 1. The maximum atomic E-state index is 13.0. The van der Waals surface area contributed by atoms with Gasteiger partial charge in [-0.15, -0.1) is 0 Å². The number of carbonyl (C=O) groups excluding carboxylic acids is 1. The highest BCUT2D eigenvalue weighted by atomic mass is 19.4. The van der Waals surface area contributed by atoms with Gasteiger partial charge in [0.2, 0.25) is 0 Å². The van der Waals surface area contributed by atoms with Crippen molar-refractivity contribution in [3.63, 3.8) is 0 Å². The van der Waals surface area contributed by atoms with Crippen LogP contribution in [0.2, 0.25) is 0 Å². The van der Waals surface area contributed by atoms with E-state index in [0.29, 0.717) is 6.07 Å². The van der Waals surface area contributed by atoms with Crippen molar-refractivity contribution in [1.82, 2.24) is 5.32 Å². The standard InChI is InChI=1S/C12H12F4N2O4/c13-7-1-2-8(9(5-7)22-6-12(14,15)16)18-11(21)17-4-3-10(19)20/h1-2,5H,3-4,6H2,(H,19,20)(H2,17,18,21). The van der Waals surface area contributed by atoms with Gasteiger partial charge in [0.05, 0.1) is 12.1 Å². The summed E-state index contributed by atoms with van der Waals surface area (Å²) in [7, 11) is 0. The molecule has 0 aliphatic carbocycles. The zero-order valence-corrected chi connectivity index (χ0v) is 11.0. The number of urea groups is 1. The predicted octanol–water partition coefficient (Wildman–Crippen LogP) is 2.36. The van der Waals surface area contributed by atoms with Crippen molar-refractivity contribution >= 4 is 17.7 Å². The number of alkyl halides is 3. The number of benzene rings is 1. The zero-order chi connectivity index (χ0) is 16.8. The van der Waals surface area contributed by atoms with E-state index in [1.54, 1.807) is 0 Å². The molecular formula is C12H12F4N2O4. The zero-order valence-electron chi connectivity index (χ0n) is 11.0. The quantitative estimate of drug-likeness (QED) is 0.701. The number of anilines is 1. The summed E-state index contributed by atoms with van der Waals surface area (Å²) >= 11 is 0. The highest BCUT2D eigenvalue weighted by molar-refractivity contribution is 5.91. The molecule has 0 radical (unpaired) electrons. The summed E-state index contributed by atoms with van der Waals surface area (Å²) in [5.74, 6) is -2.46. The molecule has 0 bridgehead atoms. The summed E-state index contributed by atoms with van der Waals surface area (Å²) in [5, 5.41) is 12.7. The SMILES string of the molecule is O=C(O)CCNC(=O)Nc1ccc(F)cc1OCC(F)(F)F. The largest absolute Gasteiger partial charge is 0.482 e. The summed E-state index contributed by atoms with van der Waals surface area (Å²) in [4.78, 5) is 21.7. The number of nitrogens with one attached hydrogen (secondary N) is 2. The number of carbonyl (C=O) groups is 2. The maximum Gasteiger partial charge on any atom is 0.422 e. The lowest BCUT2D eigenvalue weighted by molar-refractivity contribution is -0.153. The minimum atomic E-state index is -4.62. The van der Waals surface area contributed by atoms with E-state index in [-0.39, 0.29) is 18.7 Å². The number of rotatable bonds is 6. The lowest BCUT2D eigenvalue weighted by Crippen LogP contribution is -2.31. The lowest BCUT2D eigenvalue weighted by atomic mass is 10.3. The Balaban J connectivity index is 2.68. The molecule has 0 spiro atoms. The second-order valence-electron chi connectivity index (χ2n) is 4.07. The van der Waals surface area contributed by atoms with Gasteiger partial charge in [0.15, 0.2) is 6.61 Å². The van der Waals surface area contributed by atoms with E-state index in [9.17, 15) is 27.2 Å². The molecule has 0 saturated carbocycles. The van der Waals surface area contributed by atoms with Gasteiger partial charge in [-0.05, 0) is 12.1 Å². The van der Waals surface area contributed by atoms with Gasteiger partial charge in [-0.25, -0.2) is 9.18 Å². The van der Waals surface area contributed by atoms with Crippen molar-refractivity contribution in [2.45, 2.75) is 12.6 Å². The normalized spacial score (nSPS) is 10.9. The van der Waals surface area contributed by atoms with Crippen LogP contribution in [0.25, 0.3) is 0 Å². The van der Waals surface area contributed by atoms with Crippen LogP contribution in [0.1, 0.15) is 6.42 Å². The molecule has 0 saturated heterocycles. The topological polar surface area (TPSA) is 87.7 Å². The Morgan fingerprint density at radius 3 is 2.55 bits per heavy atom. The van der Waals surface area contributed by atoms with Crippen molar-refractivity contribution in [1.29, 1.82) is 0 Å². The molecule has 0 unspecified atom stereocenters. The van der Waals surface area contributed by atoms with E-state index in [2.05, 4.69) is 15.4 Å². The Morgan fingerprint density at radius 2 is 1.95 bits per heavy atom. The van der Waals surface area contributed by atoms with Gasteiger partial charge in [-0.3, -0.25) is 4.79 Å². The average molecular weight is 324 g/mol. The predicted molar refractivity (Wildman–Crippen MR) is 67.2 cm³/mol. The summed E-state index contributed by atoms with van der Waals surface area (Å²) < 4.78 is 53.8. The Bertz CT molecular complexity index is 548. The molecule has 3 N–H and O–H groups in total. The molecule has 22 heavy (non-hydrogen) atoms. The maximum absolute atomic E-state index is 13.0. The average Bonchev–Trinajstić information content (AvgIpc) is 2.37. The molecule has 0 aliphatic rings. The second kappa shape index (κ2) is 7.48. The molecule has 0 fully saturated rings. The Labute approximate surface area is 122 Å². The van der Waals surface area contributed by atoms with E-state index in [1.807, 2.05) is 0 Å². The van der Waals surface area contributed by atoms with Gasteiger partial charge in [-0.2, -0.15) is 13.2 Å². The minimum absolute atomic E-state index is 0.179. The van der Waals surface area contributed by atoms with Crippen LogP contribution in [0.15, 0.2) is 18.2 Å². The Hall–Kier alpha value is -2.52. The molecule has 0 aliphatic heterocycles. The first-order valence-corrected chi connectivity index (χ1v) is 5.93. The van der Waals surface area contributed by atoms with Crippen LogP contribution in [0.5, 0.6) is 5.75 Å². The Morgan fingerprint density at radius 1 is 1.27 bits per heavy atom. The van der Waals surface area contributed by atoms with Gasteiger partial charge in [0.25, 0.3) is 0 Å². The fourth-order valence-electron chi connectivity index (χ4n) is 1.33. The summed E-state index contributed by atoms with van der Waals surface area (Å²) in [6, 6.07) is 1.79. The van der Waals surface area contributed by atoms with Gasteiger partial charge >= 0.3 is 18.2 Å². The van der Waals surface area contributed by atoms with Crippen molar-refractivity contribution < 1.29 is 37.0 Å². The number of ether oxygens (including phenoxy) is 1. The summed E-state index contributed by atoms with van der Waals surface area (Å²) in [5.41, 5.74) is -0.182. The third-order valence-corrected chi connectivity index (χ3v) is 2.21. The fraction of sp³-hybridized carbons (Fsp3) is 0.333. The molecule has 1 rings (SSSR count). The minimum Gasteiger partial charge on any atom is -0.482 e. The third-order valence-electron chi connectivity index (χ3n) is 2.21. The number of halogens is 4.